The zero-order valence-electron chi connectivity index (χ0n) is 21.4. The van der Waals surface area contributed by atoms with E-state index < -0.39 is 28.7 Å². The third kappa shape index (κ3) is 3.49. The minimum atomic E-state index is -1.12. The molecule has 0 saturated heterocycles. The quantitative estimate of drug-likeness (QED) is 0.573. The fourth-order valence-corrected chi connectivity index (χ4v) is 8.18. The van der Waals surface area contributed by atoms with Crippen molar-refractivity contribution in [3.05, 3.63) is 46.6 Å². The molecule has 2 saturated carbocycles. The van der Waals surface area contributed by atoms with Gasteiger partial charge in [0.15, 0.2) is 0 Å². The van der Waals surface area contributed by atoms with Crippen molar-refractivity contribution < 1.29 is 29.2 Å². The van der Waals surface area contributed by atoms with Crippen molar-refractivity contribution in [1.82, 2.24) is 4.98 Å². The standard InChI is InChI=1S/C28H37NO7/c1-26(9-11-30)17(15-31)7-8-27(2)20(26)13-21(34-4)28(3)24(27)23(32)22-19(36-28)12-18(35-25(22)33)16-6-5-10-29-14-16/h5-6,10,12,14,17,20-21,23-24,30-32H,7-9,11,13,15H2,1-4H3/t17-,20+,21+,23+,24-,26?,27+,28-/m1/s1. The second-order valence-electron chi connectivity index (χ2n) is 11.5. The second-order valence-corrected chi connectivity index (χ2v) is 11.5. The number of methoxy groups -OCH3 is 1. The van der Waals surface area contributed by atoms with Crippen LogP contribution in [0.15, 0.2) is 39.8 Å². The minimum Gasteiger partial charge on any atom is -0.484 e. The van der Waals surface area contributed by atoms with Crippen LogP contribution in [0.5, 0.6) is 5.75 Å². The number of pyridine rings is 1. The number of ether oxygens (including phenoxy) is 2. The summed E-state index contributed by atoms with van der Waals surface area (Å²) in [5.74, 6) is 0.251. The van der Waals surface area contributed by atoms with E-state index in [1.165, 1.54) is 0 Å². The van der Waals surface area contributed by atoms with Crippen LogP contribution in [0.1, 0.15) is 58.1 Å². The fraction of sp³-hybridized carbons (Fsp3) is 0.643. The summed E-state index contributed by atoms with van der Waals surface area (Å²) in [6, 6.07) is 5.22. The van der Waals surface area contributed by atoms with Gasteiger partial charge in [0.1, 0.15) is 22.7 Å². The molecule has 8 atom stereocenters. The van der Waals surface area contributed by atoms with E-state index >= 15 is 0 Å². The van der Waals surface area contributed by atoms with Crippen LogP contribution in [0.25, 0.3) is 11.3 Å². The zero-order valence-corrected chi connectivity index (χ0v) is 21.4. The summed E-state index contributed by atoms with van der Waals surface area (Å²) >= 11 is 0. The lowest BCUT2D eigenvalue weighted by molar-refractivity contribution is -0.261. The summed E-state index contributed by atoms with van der Waals surface area (Å²) in [5.41, 5.74) is -1.53. The summed E-state index contributed by atoms with van der Waals surface area (Å²) in [7, 11) is 1.65. The largest absolute Gasteiger partial charge is 0.484 e. The molecule has 0 aromatic carbocycles. The van der Waals surface area contributed by atoms with Crippen LogP contribution in [0.3, 0.4) is 0 Å². The van der Waals surface area contributed by atoms with Gasteiger partial charge in [-0.05, 0) is 67.4 Å². The normalized spacial score (nSPS) is 39.5. The Morgan fingerprint density at radius 3 is 2.67 bits per heavy atom. The van der Waals surface area contributed by atoms with E-state index in [1.807, 2.05) is 6.92 Å². The molecular formula is C28H37NO7. The molecule has 196 valence electrons. The topological polar surface area (TPSA) is 122 Å². The number of hydrogen-bond donors (Lipinski definition) is 3. The smallest absolute Gasteiger partial charge is 0.345 e. The van der Waals surface area contributed by atoms with E-state index in [-0.39, 0.29) is 42.1 Å². The molecule has 3 N–H and O–H groups in total. The monoisotopic (exact) mass is 499 g/mol. The van der Waals surface area contributed by atoms with Crippen LogP contribution in [0, 0.1) is 28.6 Å². The van der Waals surface area contributed by atoms with Crippen LogP contribution < -0.4 is 10.4 Å². The SMILES string of the molecule is CO[C@H]1C[C@H]2C(C)(CCO)[C@@H](CO)CC[C@]2(C)[C@H]2[C@@H](O)c3c(cc(-c4cccnc4)oc3=O)O[C@]12C. The molecule has 8 heteroatoms. The van der Waals surface area contributed by atoms with E-state index in [0.29, 0.717) is 29.9 Å². The van der Waals surface area contributed by atoms with Gasteiger partial charge in [0, 0.05) is 50.3 Å². The van der Waals surface area contributed by atoms with Gasteiger partial charge >= 0.3 is 5.63 Å². The van der Waals surface area contributed by atoms with Crippen molar-refractivity contribution in [2.45, 2.75) is 64.3 Å². The summed E-state index contributed by atoms with van der Waals surface area (Å²) in [5, 5.41) is 32.1. The van der Waals surface area contributed by atoms with Gasteiger partial charge in [-0.25, -0.2) is 4.79 Å². The Balaban J connectivity index is 1.65. The molecular weight excluding hydrogens is 462 g/mol. The molecule has 5 rings (SSSR count). The average Bonchev–Trinajstić information content (AvgIpc) is 2.83. The molecule has 36 heavy (non-hydrogen) atoms. The van der Waals surface area contributed by atoms with Crippen LogP contribution in [0.4, 0.5) is 0 Å². The molecule has 0 bridgehead atoms. The number of nitrogens with zero attached hydrogens (tertiary/aromatic N) is 1. The third-order valence-electron chi connectivity index (χ3n) is 9.97. The molecule has 2 aromatic heterocycles. The maximum Gasteiger partial charge on any atom is 0.345 e. The molecule has 1 unspecified atom stereocenters. The second kappa shape index (κ2) is 8.94. The van der Waals surface area contributed by atoms with Gasteiger partial charge < -0.3 is 29.2 Å². The third-order valence-corrected chi connectivity index (χ3v) is 9.97. The highest BCUT2D eigenvalue weighted by Gasteiger charge is 2.69. The van der Waals surface area contributed by atoms with Crippen LogP contribution in [-0.2, 0) is 4.74 Å². The van der Waals surface area contributed by atoms with Crippen LogP contribution in [-0.4, -0.2) is 52.3 Å². The fourth-order valence-electron chi connectivity index (χ4n) is 8.18. The predicted molar refractivity (Wildman–Crippen MR) is 132 cm³/mol. The first-order chi connectivity index (χ1) is 17.1. The number of hydrogen-bond acceptors (Lipinski definition) is 8. The number of rotatable bonds is 5. The van der Waals surface area contributed by atoms with Crippen LogP contribution in [0.2, 0.25) is 0 Å². The number of aliphatic hydroxyl groups excluding tert-OH is 3. The average molecular weight is 500 g/mol. The predicted octanol–water partition coefficient (Wildman–Crippen LogP) is 3.33. The summed E-state index contributed by atoms with van der Waals surface area (Å²) in [6.07, 6.45) is 4.49. The van der Waals surface area contributed by atoms with Crippen molar-refractivity contribution in [2.24, 2.45) is 28.6 Å². The molecule has 1 aliphatic heterocycles. The lowest BCUT2D eigenvalue weighted by Gasteiger charge is -2.67. The van der Waals surface area contributed by atoms with E-state index in [0.717, 1.165) is 12.8 Å². The van der Waals surface area contributed by atoms with Crippen LogP contribution >= 0.6 is 0 Å². The van der Waals surface area contributed by atoms with E-state index in [4.69, 9.17) is 13.9 Å². The Morgan fingerprint density at radius 2 is 2.03 bits per heavy atom. The maximum absolute atomic E-state index is 13.3. The zero-order chi connectivity index (χ0) is 25.9. The van der Waals surface area contributed by atoms with Gasteiger partial charge in [-0.1, -0.05) is 13.8 Å². The number of aliphatic hydroxyl groups is 3. The van der Waals surface area contributed by atoms with Gasteiger partial charge in [-0.15, -0.1) is 0 Å². The highest BCUT2D eigenvalue weighted by molar-refractivity contribution is 5.59. The van der Waals surface area contributed by atoms with Crippen molar-refractivity contribution in [2.75, 3.05) is 20.3 Å². The van der Waals surface area contributed by atoms with Crippen molar-refractivity contribution in [1.29, 1.82) is 0 Å². The Bertz CT molecular complexity index is 1170. The first-order valence-electron chi connectivity index (χ1n) is 12.8. The highest BCUT2D eigenvalue weighted by atomic mass is 16.6. The molecule has 8 nitrogen and oxygen atoms in total. The first-order valence-corrected chi connectivity index (χ1v) is 12.8. The van der Waals surface area contributed by atoms with Gasteiger partial charge in [-0.3, -0.25) is 4.98 Å². The number of aromatic nitrogens is 1. The van der Waals surface area contributed by atoms with Gasteiger partial charge in [0.2, 0.25) is 0 Å². The first kappa shape index (κ1) is 25.4. The Hall–Kier alpha value is -2.26. The van der Waals surface area contributed by atoms with E-state index in [2.05, 4.69) is 18.8 Å². The van der Waals surface area contributed by atoms with Crippen molar-refractivity contribution in [3.63, 3.8) is 0 Å². The molecule has 2 aromatic rings. The molecule has 0 spiro atoms. The Morgan fingerprint density at radius 1 is 1.25 bits per heavy atom. The molecule has 3 aliphatic rings. The van der Waals surface area contributed by atoms with E-state index in [9.17, 15) is 20.1 Å². The molecule has 2 fully saturated rings. The number of fused-ring (bicyclic) bond motifs is 4. The van der Waals surface area contributed by atoms with Gasteiger partial charge in [0.05, 0.1) is 12.2 Å². The lowest BCUT2D eigenvalue weighted by Crippen LogP contribution is -2.70. The summed E-state index contributed by atoms with van der Waals surface area (Å²) in [6.45, 7) is 6.34. The maximum atomic E-state index is 13.3. The van der Waals surface area contributed by atoms with Crippen molar-refractivity contribution >= 4 is 0 Å². The van der Waals surface area contributed by atoms with Gasteiger partial charge in [-0.2, -0.15) is 0 Å². The highest BCUT2D eigenvalue weighted by Crippen LogP contribution is 2.68. The summed E-state index contributed by atoms with van der Waals surface area (Å²) in [4.78, 5) is 17.4. The molecule has 0 radical (unpaired) electrons. The minimum absolute atomic E-state index is 0.0156. The summed E-state index contributed by atoms with van der Waals surface area (Å²) < 4.78 is 18.4. The Kier molecular flexibility index (Phi) is 6.31. The van der Waals surface area contributed by atoms with Gasteiger partial charge in [0.25, 0.3) is 0 Å². The lowest BCUT2D eigenvalue weighted by atomic mass is 9.41. The van der Waals surface area contributed by atoms with E-state index in [1.54, 1.807) is 37.7 Å². The van der Waals surface area contributed by atoms with Crippen molar-refractivity contribution in [3.8, 4) is 17.1 Å². The molecule has 0 amide bonds. The molecule has 3 heterocycles. The molecule has 2 aliphatic carbocycles. The Labute approximate surface area is 211 Å².